The van der Waals surface area contributed by atoms with Crippen LogP contribution in [-0.4, -0.2) is 85.4 Å². The first-order valence-electron chi connectivity index (χ1n) is 5.98. The van der Waals surface area contributed by atoms with E-state index in [0.717, 1.165) is 6.92 Å². The number of carbonyl (C=O) groups excluding carboxylic acids is 2. The molecular formula is C11H19NO9. The molecule has 0 radical (unpaired) electrons. The molecule has 0 aliphatic carbocycles. The highest BCUT2D eigenvalue weighted by molar-refractivity contribution is 6.32. The number of aliphatic hydroxyl groups is 5. The number of carbonyl (C=O) groups is 3. The molecule has 0 unspecified atom stereocenters. The number of aliphatic hydroxyl groups excluding tert-OH is 5. The number of amides is 1. The minimum absolute atomic E-state index is 0.730. The lowest BCUT2D eigenvalue weighted by atomic mass is 9.94. The summed E-state index contributed by atoms with van der Waals surface area (Å²) in [6.07, 6.45) is -8.35. The molecule has 0 aromatic heterocycles. The van der Waals surface area contributed by atoms with Crippen molar-refractivity contribution in [2.75, 3.05) is 6.61 Å². The van der Waals surface area contributed by atoms with E-state index in [4.69, 9.17) is 10.2 Å². The lowest BCUT2D eigenvalue weighted by molar-refractivity contribution is -0.151. The third kappa shape index (κ3) is 6.14. The summed E-state index contributed by atoms with van der Waals surface area (Å²) >= 11 is 0. The molecule has 0 aliphatic heterocycles. The van der Waals surface area contributed by atoms with E-state index in [2.05, 4.69) is 0 Å². The Morgan fingerprint density at radius 2 is 1.52 bits per heavy atom. The Bertz CT molecular complexity index is 386. The van der Waals surface area contributed by atoms with E-state index >= 15 is 0 Å². The first kappa shape index (κ1) is 19.4. The third-order valence-electron chi connectivity index (χ3n) is 2.72. The number of aliphatic carboxylic acids is 1. The Balaban J connectivity index is 5.04. The highest BCUT2D eigenvalue weighted by Crippen LogP contribution is 2.11. The molecule has 0 aromatic carbocycles. The Morgan fingerprint density at radius 1 is 1.00 bits per heavy atom. The van der Waals surface area contributed by atoms with Crippen molar-refractivity contribution >= 4 is 17.7 Å². The molecule has 0 heterocycles. The van der Waals surface area contributed by atoms with Crippen molar-refractivity contribution in [2.24, 2.45) is 0 Å². The van der Waals surface area contributed by atoms with Gasteiger partial charge < -0.3 is 36.0 Å². The third-order valence-corrected chi connectivity index (χ3v) is 2.72. The van der Waals surface area contributed by atoms with Gasteiger partial charge in [0.15, 0.2) is 0 Å². The number of carboxylic acid groups (broad SMARTS) is 1. The molecule has 21 heavy (non-hydrogen) atoms. The number of rotatable bonds is 9. The van der Waals surface area contributed by atoms with Crippen LogP contribution in [0.4, 0.5) is 0 Å². The van der Waals surface area contributed by atoms with Gasteiger partial charge in [0, 0.05) is 13.3 Å². The van der Waals surface area contributed by atoms with Crippen LogP contribution in [0, 0.1) is 0 Å². The van der Waals surface area contributed by atoms with Crippen molar-refractivity contribution in [1.29, 1.82) is 0 Å². The summed E-state index contributed by atoms with van der Waals surface area (Å²) in [5, 5.41) is 57.4. The van der Waals surface area contributed by atoms with Crippen LogP contribution in [0.15, 0.2) is 0 Å². The van der Waals surface area contributed by atoms with Gasteiger partial charge >= 0.3 is 5.97 Å². The van der Waals surface area contributed by atoms with Crippen molar-refractivity contribution < 1.29 is 45.0 Å². The van der Waals surface area contributed by atoms with Crippen LogP contribution < -0.4 is 5.32 Å². The van der Waals surface area contributed by atoms with Gasteiger partial charge in [-0.2, -0.15) is 0 Å². The maximum atomic E-state index is 11.0. The highest BCUT2D eigenvalue weighted by atomic mass is 16.4. The standard InChI is InChI=1S/C11H19NO9/c1-4(14)12-8(5(15)2-6(16)11(20)21)10(19)9(18)7(17)3-13/h5,7-10,13,15,17-19H,2-3H2,1H3,(H,12,14)(H,20,21)/t5-,7+,8+,9+,10-/m0/s1. The number of ketones is 1. The fourth-order valence-electron chi connectivity index (χ4n) is 1.60. The smallest absolute Gasteiger partial charge is 0.372 e. The van der Waals surface area contributed by atoms with Gasteiger partial charge in [0.25, 0.3) is 0 Å². The Labute approximate surface area is 119 Å². The maximum absolute atomic E-state index is 11.0. The van der Waals surface area contributed by atoms with Crippen molar-refractivity contribution in [3.8, 4) is 0 Å². The van der Waals surface area contributed by atoms with E-state index in [1.165, 1.54) is 0 Å². The molecule has 0 bridgehead atoms. The summed E-state index contributed by atoms with van der Waals surface area (Å²) < 4.78 is 0. The second-order valence-corrected chi connectivity index (χ2v) is 4.46. The number of hydrogen-bond donors (Lipinski definition) is 7. The molecule has 0 saturated heterocycles. The summed E-state index contributed by atoms with van der Waals surface area (Å²) in [5.41, 5.74) is 0. The van der Waals surface area contributed by atoms with Crippen LogP contribution in [0.5, 0.6) is 0 Å². The summed E-state index contributed by atoms with van der Waals surface area (Å²) in [7, 11) is 0. The van der Waals surface area contributed by atoms with Gasteiger partial charge in [0.1, 0.15) is 18.3 Å². The van der Waals surface area contributed by atoms with Gasteiger partial charge in [0.2, 0.25) is 11.7 Å². The molecule has 10 heteroatoms. The molecule has 0 saturated carbocycles. The fraction of sp³-hybridized carbons (Fsp3) is 0.727. The second kappa shape index (κ2) is 8.64. The number of Topliss-reactive ketones (excluding diaryl/α,β-unsaturated/α-hetero) is 1. The monoisotopic (exact) mass is 309 g/mol. The first-order valence-corrected chi connectivity index (χ1v) is 5.98. The summed E-state index contributed by atoms with van der Waals surface area (Å²) in [6, 6.07) is -1.61. The molecule has 0 rings (SSSR count). The molecule has 10 nitrogen and oxygen atoms in total. The maximum Gasteiger partial charge on any atom is 0.372 e. The van der Waals surface area contributed by atoms with Gasteiger partial charge in [-0.25, -0.2) is 4.79 Å². The normalized spacial score (nSPS) is 18.2. The molecule has 7 N–H and O–H groups in total. The van der Waals surface area contributed by atoms with E-state index < -0.39 is 61.1 Å². The predicted molar refractivity (Wildman–Crippen MR) is 66.0 cm³/mol. The average molecular weight is 309 g/mol. The Kier molecular flexibility index (Phi) is 7.99. The van der Waals surface area contributed by atoms with Gasteiger partial charge in [-0.05, 0) is 0 Å². The number of hydrogen-bond acceptors (Lipinski definition) is 8. The first-order chi connectivity index (χ1) is 9.61. The summed E-state index contributed by atoms with van der Waals surface area (Å²) in [5.74, 6) is -3.89. The van der Waals surface area contributed by atoms with Crippen LogP contribution in [0.25, 0.3) is 0 Å². The zero-order valence-electron chi connectivity index (χ0n) is 11.2. The van der Waals surface area contributed by atoms with Gasteiger partial charge in [-0.15, -0.1) is 0 Å². The molecule has 122 valence electrons. The van der Waals surface area contributed by atoms with Crippen molar-refractivity contribution in [3.05, 3.63) is 0 Å². The van der Waals surface area contributed by atoms with Gasteiger partial charge in [-0.1, -0.05) is 0 Å². The van der Waals surface area contributed by atoms with Gasteiger partial charge in [-0.3, -0.25) is 9.59 Å². The minimum atomic E-state index is -1.94. The molecule has 0 fully saturated rings. The Morgan fingerprint density at radius 3 is 1.90 bits per heavy atom. The van der Waals surface area contributed by atoms with E-state index in [1.807, 2.05) is 5.32 Å². The number of nitrogens with one attached hydrogen (secondary N) is 1. The largest absolute Gasteiger partial charge is 0.475 e. The van der Waals surface area contributed by atoms with Crippen molar-refractivity contribution in [3.63, 3.8) is 0 Å². The van der Waals surface area contributed by atoms with Crippen LogP contribution >= 0.6 is 0 Å². The van der Waals surface area contributed by atoms with Crippen LogP contribution in [-0.2, 0) is 14.4 Å². The quantitative estimate of drug-likeness (QED) is 0.208. The molecule has 0 aliphatic rings. The summed E-state index contributed by atoms with van der Waals surface area (Å²) in [6.45, 7) is 0.134. The van der Waals surface area contributed by atoms with E-state index in [0.29, 0.717) is 0 Å². The van der Waals surface area contributed by atoms with Crippen LogP contribution in [0.3, 0.4) is 0 Å². The number of carboxylic acids is 1. The highest BCUT2D eigenvalue weighted by Gasteiger charge is 2.37. The van der Waals surface area contributed by atoms with E-state index in [9.17, 15) is 34.8 Å². The lowest BCUT2D eigenvalue weighted by Gasteiger charge is -2.32. The average Bonchev–Trinajstić information content (AvgIpc) is 2.41. The topological polar surface area (TPSA) is 185 Å². The summed E-state index contributed by atoms with van der Waals surface area (Å²) in [4.78, 5) is 32.4. The predicted octanol–water partition coefficient (Wildman–Crippen LogP) is -4.03. The van der Waals surface area contributed by atoms with Crippen molar-refractivity contribution in [1.82, 2.24) is 5.32 Å². The zero-order valence-corrected chi connectivity index (χ0v) is 11.2. The fourth-order valence-corrected chi connectivity index (χ4v) is 1.60. The molecule has 1 amide bonds. The minimum Gasteiger partial charge on any atom is -0.475 e. The molecule has 5 atom stereocenters. The van der Waals surface area contributed by atoms with Crippen LogP contribution in [0.2, 0.25) is 0 Å². The Hall–Kier alpha value is -1.59. The molecule has 0 spiro atoms. The zero-order chi connectivity index (χ0) is 16.7. The second-order valence-electron chi connectivity index (χ2n) is 4.46. The SMILES string of the molecule is CC(=O)N[C@@H]([C@H](O)[C@H](O)[C@H](O)CO)[C@@H](O)CC(=O)C(=O)O. The van der Waals surface area contributed by atoms with Crippen molar-refractivity contribution in [2.45, 2.75) is 43.8 Å². The van der Waals surface area contributed by atoms with Gasteiger partial charge in [0.05, 0.1) is 18.8 Å². The molecule has 0 aromatic rings. The molecular weight excluding hydrogens is 290 g/mol. The van der Waals surface area contributed by atoms with Crippen LogP contribution in [0.1, 0.15) is 13.3 Å². The van der Waals surface area contributed by atoms with E-state index in [1.54, 1.807) is 0 Å². The van der Waals surface area contributed by atoms with E-state index in [-0.39, 0.29) is 0 Å². The lowest BCUT2D eigenvalue weighted by Crippen LogP contribution is -2.57.